The van der Waals surface area contributed by atoms with Gasteiger partial charge in [0.05, 0.1) is 7.11 Å². The molecule has 0 saturated carbocycles. The highest BCUT2D eigenvalue weighted by molar-refractivity contribution is 5.34. The first-order valence-corrected chi connectivity index (χ1v) is 4.82. The van der Waals surface area contributed by atoms with Crippen LogP contribution in [0.2, 0.25) is 0 Å². The minimum atomic E-state index is -0.174. The van der Waals surface area contributed by atoms with Crippen molar-refractivity contribution in [1.29, 1.82) is 0 Å². The van der Waals surface area contributed by atoms with Crippen molar-refractivity contribution in [2.24, 2.45) is 5.73 Å². The topological polar surface area (TPSA) is 64.3 Å². The monoisotopic (exact) mass is 210 g/mol. The summed E-state index contributed by atoms with van der Waals surface area (Å²) in [6, 6.07) is 1.72. The number of anilines is 1. The van der Waals surface area contributed by atoms with Crippen LogP contribution in [0.25, 0.3) is 0 Å². The molecule has 0 aromatic carbocycles. The van der Waals surface area contributed by atoms with Crippen LogP contribution in [0.5, 0.6) is 5.88 Å². The number of rotatable bonds is 4. The molecular weight excluding hydrogens is 192 g/mol. The number of ether oxygens (including phenoxy) is 1. The molecule has 1 heterocycles. The van der Waals surface area contributed by atoms with Crippen molar-refractivity contribution in [2.45, 2.75) is 19.4 Å². The predicted molar refractivity (Wildman–Crippen MR) is 60.1 cm³/mol. The van der Waals surface area contributed by atoms with Gasteiger partial charge in [-0.05, 0) is 13.8 Å². The van der Waals surface area contributed by atoms with E-state index in [1.807, 2.05) is 25.8 Å². The smallest absolute Gasteiger partial charge is 0.228 e. The highest BCUT2D eigenvalue weighted by atomic mass is 16.5. The lowest BCUT2D eigenvalue weighted by Gasteiger charge is -2.34. The summed E-state index contributed by atoms with van der Waals surface area (Å²) in [6.07, 6.45) is 1.67. The molecule has 0 aliphatic carbocycles. The van der Waals surface area contributed by atoms with Crippen molar-refractivity contribution in [3.05, 3.63) is 12.3 Å². The van der Waals surface area contributed by atoms with Crippen molar-refractivity contribution in [2.75, 3.05) is 25.6 Å². The number of nitrogens with zero attached hydrogens (tertiary/aromatic N) is 3. The predicted octanol–water partition coefficient (Wildman–Crippen LogP) is 0.659. The first-order valence-electron chi connectivity index (χ1n) is 4.82. The van der Waals surface area contributed by atoms with Crippen LogP contribution in [0.15, 0.2) is 12.3 Å². The molecule has 5 heteroatoms. The summed E-state index contributed by atoms with van der Waals surface area (Å²) < 4.78 is 5.04. The van der Waals surface area contributed by atoms with E-state index >= 15 is 0 Å². The lowest BCUT2D eigenvalue weighted by molar-refractivity contribution is 0.394. The summed E-state index contributed by atoms with van der Waals surface area (Å²) in [7, 11) is 3.50. The Morgan fingerprint density at radius 3 is 2.73 bits per heavy atom. The van der Waals surface area contributed by atoms with Gasteiger partial charge >= 0.3 is 0 Å². The Labute approximate surface area is 90.3 Å². The Bertz CT molecular complexity index is 327. The Hall–Kier alpha value is -1.36. The molecule has 1 aromatic heterocycles. The van der Waals surface area contributed by atoms with Crippen LogP contribution in [0.4, 0.5) is 5.95 Å². The number of hydrogen-bond donors (Lipinski definition) is 1. The molecule has 0 aliphatic rings. The molecule has 1 rings (SSSR count). The fourth-order valence-electron chi connectivity index (χ4n) is 1.02. The first kappa shape index (κ1) is 11.7. The van der Waals surface area contributed by atoms with E-state index in [1.165, 1.54) is 0 Å². The van der Waals surface area contributed by atoms with E-state index in [9.17, 15) is 0 Å². The number of nitrogens with two attached hydrogens (primary N) is 1. The normalized spacial score (nSPS) is 11.3. The lowest BCUT2D eigenvalue weighted by Crippen LogP contribution is -2.48. The summed E-state index contributed by atoms with van der Waals surface area (Å²) in [5, 5.41) is 0. The maximum absolute atomic E-state index is 5.69. The molecule has 15 heavy (non-hydrogen) atoms. The molecule has 84 valence electrons. The Morgan fingerprint density at radius 1 is 1.53 bits per heavy atom. The molecule has 0 unspecified atom stereocenters. The molecule has 0 radical (unpaired) electrons. The van der Waals surface area contributed by atoms with Crippen LogP contribution in [-0.4, -0.2) is 36.2 Å². The van der Waals surface area contributed by atoms with Gasteiger partial charge in [0.2, 0.25) is 11.8 Å². The second-order valence-electron chi connectivity index (χ2n) is 3.97. The van der Waals surface area contributed by atoms with Gasteiger partial charge in [0, 0.05) is 31.4 Å². The lowest BCUT2D eigenvalue weighted by atomic mass is 10.1. The van der Waals surface area contributed by atoms with Crippen molar-refractivity contribution < 1.29 is 4.74 Å². The fourth-order valence-corrected chi connectivity index (χ4v) is 1.02. The molecule has 1 aromatic rings. The summed E-state index contributed by atoms with van der Waals surface area (Å²) in [5.41, 5.74) is 5.51. The summed E-state index contributed by atoms with van der Waals surface area (Å²) in [6.45, 7) is 4.61. The average Bonchev–Trinajstić information content (AvgIpc) is 2.28. The second kappa shape index (κ2) is 4.44. The Balaban J connectivity index is 2.95. The maximum Gasteiger partial charge on any atom is 0.228 e. The van der Waals surface area contributed by atoms with Crippen LogP contribution in [0.3, 0.4) is 0 Å². The van der Waals surface area contributed by atoms with E-state index in [0.717, 1.165) is 0 Å². The largest absolute Gasteiger partial charge is 0.481 e. The number of hydrogen-bond acceptors (Lipinski definition) is 5. The van der Waals surface area contributed by atoms with E-state index in [1.54, 1.807) is 19.4 Å². The Kier molecular flexibility index (Phi) is 3.47. The van der Waals surface area contributed by atoms with E-state index in [4.69, 9.17) is 10.5 Å². The summed E-state index contributed by atoms with van der Waals surface area (Å²) in [4.78, 5) is 10.4. The SMILES string of the molecule is COc1ccnc(N(C)C(C)(C)CN)n1. The molecule has 0 spiro atoms. The van der Waals surface area contributed by atoms with Gasteiger partial charge in [-0.25, -0.2) is 4.98 Å². The van der Waals surface area contributed by atoms with Gasteiger partial charge in [0.25, 0.3) is 0 Å². The zero-order chi connectivity index (χ0) is 11.5. The highest BCUT2D eigenvalue weighted by Gasteiger charge is 2.23. The van der Waals surface area contributed by atoms with Crippen molar-refractivity contribution in [1.82, 2.24) is 9.97 Å². The minimum Gasteiger partial charge on any atom is -0.481 e. The summed E-state index contributed by atoms with van der Waals surface area (Å²) >= 11 is 0. The molecule has 0 amide bonds. The van der Waals surface area contributed by atoms with Crippen LogP contribution >= 0.6 is 0 Å². The van der Waals surface area contributed by atoms with Gasteiger partial charge in [0.1, 0.15) is 0 Å². The average molecular weight is 210 g/mol. The molecule has 2 N–H and O–H groups in total. The second-order valence-corrected chi connectivity index (χ2v) is 3.97. The molecule has 0 saturated heterocycles. The van der Waals surface area contributed by atoms with E-state index < -0.39 is 0 Å². The van der Waals surface area contributed by atoms with E-state index in [-0.39, 0.29) is 5.54 Å². The molecule has 0 fully saturated rings. The molecule has 5 nitrogen and oxygen atoms in total. The number of aromatic nitrogens is 2. The third-order valence-electron chi connectivity index (χ3n) is 2.53. The Morgan fingerprint density at radius 2 is 2.20 bits per heavy atom. The van der Waals surface area contributed by atoms with Crippen LogP contribution in [0, 0.1) is 0 Å². The zero-order valence-electron chi connectivity index (χ0n) is 9.69. The van der Waals surface area contributed by atoms with E-state index in [2.05, 4.69) is 9.97 Å². The standard InChI is InChI=1S/C10H18N4O/c1-10(2,7-11)14(3)9-12-6-5-8(13-9)15-4/h5-6H,7,11H2,1-4H3. The van der Waals surface area contributed by atoms with Gasteiger partial charge in [-0.2, -0.15) is 4.98 Å². The van der Waals surface area contributed by atoms with Crippen molar-refractivity contribution >= 4 is 5.95 Å². The van der Waals surface area contributed by atoms with Gasteiger partial charge < -0.3 is 15.4 Å². The quantitative estimate of drug-likeness (QED) is 0.790. The van der Waals surface area contributed by atoms with Crippen molar-refractivity contribution in [3.8, 4) is 5.88 Å². The van der Waals surface area contributed by atoms with Gasteiger partial charge in [-0.15, -0.1) is 0 Å². The third-order valence-corrected chi connectivity index (χ3v) is 2.53. The van der Waals surface area contributed by atoms with Crippen LogP contribution in [0.1, 0.15) is 13.8 Å². The number of likely N-dealkylation sites (N-methyl/N-ethyl adjacent to an activating group) is 1. The zero-order valence-corrected chi connectivity index (χ0v) is 9.69. The van der Waals surface area contributed by atoms with Crippen LogP contribution < -0.4 is 15.4 Å². The van der Waals surface area contributed by atoms with Gasteiger partial charge in [0.15, 0.2) is 0 Å². The summed E-state index contributed by atoms with van der Waals surface area (Å²) in [5.74, 6) is 1.17. The molecule has 0 aliphatic heterocycles. The minimum absolute atomic E-state index is 0.174. The van der Waals surface area contributed by atoms with Crippen molar-refractivity contribution in [3.63, 3.8) is 0 Å². The number of methoxy groups -OCH3 is 1. The highest BCUT2D eigenvalue weighted by Crippen LogP contribution is 2.18. The molecular formula is C10H18N4O. The third kappa shape index (κ3) is 2.56. The van der Waals surface area contributed by atoms with Gasteiger partial charge in [-0.3, -0.25) is 0 Å². The van der Waals surface area contributed by atoms with Crippen LogP contribution in [-0.2, 0) is 0 Å². The molecule has 0 atom stereocenters. The first-order chi connectivity index (χ1) is 7.01. The fraction of sp³-hybridized carbons (Fsp3) is 0.600. The molecule has 0 bridgehead atoms. The van der Waals surface area contributed by atoms with Gasteiger partial charge in [-0.1, -0.05) is 0 Å². The van der Waals surface area contributed by atoms with E-state index in [0.29, 0.717) is 18.4 Å². The maximum atomic E-state index is 5.69.